The molecular weight excluding hydrogens is 178 g/mol. The first-order chi connectivity index (χ1) is 6.66. The SMILES string of the molecule is [CH2]c1cccc(C(=O)N2CC(O)C2)c1. The number of amides is 1. The molecule has 3 heteroatoms. The molecule has 1 aromatic carbocycles. The lowest BCUT2D eigenvalue weighted by molar-refractivity contribution is 0.00589. The number of benzene rings is 1. The summed E-state index contributed by atoms with van der Waals surface area (Å²) in [5.41, 5.74) is 1.47. The molecule has 0 spiro atoms. The Morgan fingerprint density at radius 2 is 2.21 bits per heavy atom. The van der Waals surface area contributed by atoms with Crippen LogP contribution in [0.15, 0.2) is 24.3 Å². The van der Waals surface area contributed by atoms with Crippen molar-refractivity contribution in [1.82, 2.24) is 4.90 Å². The van der Waals surface area contributed by atoms with Gasteiger partial charge in [0.1, 0.15) is 0 Å². The first-order valence-electron chi connectivity index (χ1n) is 4.56. The second-order valence-corrected chi connectivity index (χ2v) is 3.56. The third-order valence-electron chi connectivity index (χ3n) is 2.32. The second-order valence-electron chi connectivity index (χ2n) is 3.56. The summed E-state index contributed by atoms with van der Waals surface area (Å²) in [4.78, 5) is 13.3. The fraction of sp³-hybridized carbons (Fsp3) is 0.273. The topological polar surface area (TPSA) is 40.5 Å². The zero-order chi connectivity index (χ0) is 10.1. The van der Waals surface area contributed by atoms with Crippen molar-refractivity contribution in [3.05, 3.63) is 42.3 Å². The fourth-order valence-electron chi connectivity index (χ4n) is 1.51. The van der Waals surface area contributed by atoms with Crippen LogP contribution in [0.1, 0.15) is 15.9 Å². The summed E-state index contributed by atoms with van der Waals surface area (Å²) >= 11 is 0. The predicted molar refractivity (Wildman–Crippen MR) is 52.8 cm³/mol. The molecule has 0 aliphatic carbocycles. The van der Waals surface area contributed by atoms with Crippen LogP contribution in [0, 0.1) is 6.92 Å². The number of nitrogens with zero attached hydrogens (tertiary/aromatic N) is 1. The summed E-state index contributed by atoms with van der Waals surface area (Å²) in [6.45, 7) is 4.65. The summed E-state index contributed by atoms with van der Waals surface area (Å²) in [6.07, 6.45) is -0.345. The lowest BCUT2D eigenvalue weighted by atomic mass is 10.1. The first-order valence-corrected chi connectivity index (χ1v) is 4.56. The number of carbonyl (C=O) groups excluding carboxylic acids is 1. The average molecular weight is 190 g/mol. The first kappa shape index (κ1) is 9.21. The molecule has 1 N–H and O–H groups in total. The number of carbonyl (C=O) groups is 1. The summed E-state index contributed by atoms with van der Waals surface area (Å²) in [7, 11) is 0. The van der Waals surface area contributed by atoms with Crippen molar-refractivity contribution in [2.24, 2.45) is 0 Å². The van der Waals surface area contributed by atoms with E-state index in [4.69, 9.17) is 5.11 Å². The van der Waals surface area contributed by atoms with Gasteiger partial charge in [-0.25, -0.2) is 0 Å². The Hall–Kier alpha value is -1.35. The van der Waals surface area contributed by atoms with Crippen LogP contribution in [-0.4, -0.2) is 35.1 Å². The molecule has 1 aliphatic heterocycles. The van der Waals surface area contributed by atoms with Gasteiger partial charge in [-0.05, 0) is 24.6 Å². The smallest absolute Gasteiger partial charge is 0.254 e. The number of β-amino-alcohol motifs (C(OH)–C–C–N with tert-alkyl or cyclic N) is 1. The molecule has 0 saturated carbocycles. The lowest BCUT2D eigenvalue weighted by Gasteiger charge is -2.35. The van der Waals surface area contributed by atoms with E-state index in [1.165, 1.54) is 0 Å². The van der Waals surface area contributed by atoms with E-state index in [1.54, 1.807) is 17.0 Å². The van der Waals surface area contributed by atoms with Gasteiger partial charge in [0.25, 0.3) is 5.91 Å². The van der Waals surface area contributed by atoms with Crippen molar-refractivity contribution in [2.75, 3.05) is 13.1 Å². The van der Waals surface area contributed by atoms with Gasteiger partial charge in [-0.1, -0.05) is 12.1 Å². The molecule has 1 heterocycles. The molecule has 1 amide bonds. The molecule has 1 radical (unpaired) electrons. The van der Waals surface area contributed by atoms with Crippen LogP contribution < -0.4 is 0 Å². The van der Waals surface area contributed by atoms with Gasteiger partial charge < -0.3 is 10.0 Å². The Balaban J connectivity index is 2.12. The van der Waals surface area contributed by atoms with Crippen LogP contribution in [0.2, 0.25) is 0 Å². The predicted octanol–water partition coefficient (Wildman–Crippen LogP) is 0.685. The van der Waals surface area contributed by atoms with Gasteiger partial charge >= 0.3 is 0 Å². The highest BCUT2D eigenvalue weighted by Gasteiger charge is 2.29. The standard InChI is InChI=1S/C11H12NO2/c1-8-3-2-4-9(5-8)11(14)12-6-10(13)7-12/h2-5,10,13H,1,6-7H2. The van der Waals surface area contributed by atoms with Crippen molar-refractivity contribution < 1.29 is 9.90 Å². The van der Waals surface area contributed by atoms with E-state index in [0.29, 0.717) is 18.7 Å². The highest BCUT2D eigenvalue weighted by atomic mass is 16.3. The number of hydrogen-bond donors (Lipinski definition) is 1. The molecule has 0 unspecified atom stereocenters. The van der Waals surface area contributed by atoms with Crippen molar-refractivity contribution in [1.29, 1.82) is 0 Å². The minimum atomic E-state index is -0.345. The summed E-state index contributed by atoms with van der Waals surface area (Å²) in [5.74, 6) is -0.0270. The summed E-state index contributed by atoms with van der Waals surface area (Å²) in [6, 6.07) is 7.18. The van der Waals surface area contributed by atoms with Gasteiger partial charge in [0.2, 0.25) is 0 Å². The molecule has 3 nitrogen and oxygen atoms in total. The van der Waals surface area contributed by atoms with Gasteiger partial charge in [-0.2, -0.15) is 0 Å². The van der Waals surface area contributed by atoms with Gasteiger partial charge in [-0.15, -0.1) is 0 Å². The van der Waals surface area contributed by atoms with Gasteiger partial charge in [-0.3, -0.25) is 4.79 Å². The van der Waals surface area contributed by atoms with E-state index in [9.17, 15) is 4.79 Å². The Bertz CT molecular complexity index is 356. The Morgan fingerprint density at radius 1 is 1.50 bits per heavy atom. The summed E-state index contributed by atoms with van der Waals surface area (Å²) < 4.78 is 0. The molecule has 14 heavy (non-hydrogen) atoms. The minimum absolute atomic E-state index is 0.0270. The Morgan fingerprint density at radius 3 is 2.79 bits per heavy atom. The molecular formula is C11H12NO2. The number of likely N-dealkylation sites (tertiary alicyclic amines) is 1. The van der Waals surface area contributed by atoms with Crippen LogP contribution in [-0.2, 0) is 0 Å². The number of aliphatic hydroxyl groups is 1. The lowest BCUT2D eigenvalue weighted by Crippen LogP contribution is -2.53. The van der Waals surface area contributed by atoms with Crippen LogP contribution in [0.5, 0.6) is 0 Å². The van der Waals surface area contributed by atoms with E-state index in [2.05, 4.69) is 6.92 Å². The molecule has 1 aromatic rings. The van der Waals surface area contributed by atoms with Gasteiger partial charge in [0.15, 0.2) is 0 Å². The molecule has 0 aromatic heterocycles. The number of rotatable bonds is 1. The normalized spacial score (nSPS) is 16.6. The zero-order valence-electron chi connectivity index (χ0n) is 7.81. The molecule has 1 saturated heterocycles. The van der Waals surface area contributed by atoms with Gasteiger partial charge in [0.05, 0.1) is 6.10 Å². The molecule has 1 fully saturated rings. The van der Waals surface area contributed by atoms with Crippen LogP contribution >= 0.6 is 0 Å². The quantitative estimate of drug-likeness (QED) is 0.707. The number of hydrogen-bond acceptors (Lipinski definition) is 2. The van der Waals surface area contributed by atoms with Crippen LogP contribution in [0.25, 0.3) is 0 Å². The largest absolute Gasteiger partial charge is 0.389 e. The summed E-state index contributed by atoms with van der Waals surface area (Å²) in [5, 5.41) is 9.06. The Labute approximate surface area is 83.0 Å². The van der Waals surface area contributed by atoms with Crippen molar-refractivity contribution in [3.63, 3.8) is 0 Å². The maximum atomic E-state index is 11.7. The molecule has 73 valence electrons. The molecule has 1 aliphatic rings. The van der Waals surface area contributed by atoms with E-state index in [0.717, 1.165) is 5.56 Å². The highest BCUT2D eigenvalue weighted by molar-refractivity contribution is 5.95. The maximum absolute atomic E-state index is 11.7. The molecule has 2 rings (SSSR count). The van der Waals surface area contributed by atoms with E-state index >= 15 is 0 Å². The third-order valence-corrected chi connectivity index (χ3v) is 2.32. The minimum Gasteiger partial charge on any atom is -0.389 e. The monoisotopic (exact) mass is 190 g/mol. The van der Waals surface area contributed by atoms with Crippen molar-refractivity contribution >= 4 is 5.91 Å². The Kier molecular flexibility index (Phi) is 2.25. The van der Waals surface area contributed by atoms with Crippen molar-refractivity contribution in [2.45, 2.75) is 6.10 Å². The van der Waals surface area contributed by atoms with E-state index in [1.807, 2.05) is 12.1 Å². The van der Waals surface area contributed by atoms with Crippen LogP contribution in [0.4, 0.5) is 0 Å². The number of aliphatic hydroxyl groups excluding tert-OH is 1. The highest BCUT2D eigenvalue weighted by Crippen LogP contribution is 2.13. The zero-order valence-corrected chi connectivity index (χ0v) is 7.81. The molecule has 0 bridgehead atoms. The van der Waals surface area contributed by atoms with Crippen molar-refractivity contribution in [3.8, 4) is 0 Å². The average Bonchev–Trinajstić information content (AvgIpc) is 2.12. The second kappa shape index (κ2) is 3.42. The maximum Gasteiger partial charge on any atom is 0.254 e. The van der Waals surface area contributed by atoms with E-state index in [-0.39, 0.29) is 12.0 Å². The van der Waals surface area contributed by atoms with Gasteiger partial charge in [0, 0.05) is 18.7 Å². The fourth-order valence-corrected chi connectivity index (χ4v) is 1.51. The van der Waals surface area contributed by atoms with E-state index < -0.39 is 0 Å². The molecule has 0 atom stereocenters. The third kappa shape index (κ3) is 1.63. The van der Waals surface area contributed by atoms with Crippen LogP contribution in [0.3, 0.4) is 0 Å².